The first-order valence-corrected chi connectivity index (χ1v) is 5.32. The van der Waals surface area contributed by atoms with E-state index in [2.05, 4.69) is 5.32 Å². The maximum Gasteiger partial charge on any atom is 0.246 e. The average Bonchev–Trinajstić information content (AvgIpc) is 2.28. The number of imide groups is 1. The third-order valence-electron chi connectivity index (χ3n) is 2.29. The lowest BCUT2D eigenvalue weighted by Gasteiger charge is -2.13. The van der Waals surface area contributed by atoms with Crippen LogP contribution in [0.3, 0.4) is 0 Å². The highest BCUT2D eigenvalue weighted by molar-refractivity contribution is 5.98. The number of carbonyl (C=O) groups is 2. The lowest BCUT2D eigenvalue weighted by molar-refractivity contribution is -0.132. The fourth-order valence-corrected chi connectivity index (χ4v) is 1.27. The molecule has 1 rings (SSSR count). The van der Waals surface area contributed by atoms with Gasteiger partial charge in [-0.1, -0.05) is 30.3 Å². The van der Waals surface area contributed by atoms with Crippen molar-refractivity contribution in [2.75, 3.05) is 0 Å². The van der Waals surface area contributed by atoms with E-state index >= 15 is 0 Å². The second kappa shape index (κ2) is 6.12. The molecule has 92 valence electrons. The molecule has 2 atom stereocenters. The average molecular weight is 236 g/mol. The van der Waals surface area contributed by atoms with Gasteiger partial charge in [-0.3, -0.25) is 14.9 Å². The van der Waals surface area contributed by atoms with E-state index in [4.69, 9.17) is 10.8 Å². The summed E-state index contributed by atoms with van der Waals surface area (Å²) < 4.78 is 0. The van der Waals surface area contributed by atoms with Crippen LogP contribution in [0, 0.1) is 0 Å². The van der Waals surface area contributed by atoms with Crippen LogP contribution in [0.15, 0.2) is 30.3 Å². The summed E-state index contributed by atoms with van der Waals surface area (Å²) in [5, 5.41) is 11.2. The standard InChI is InChI=1S/C12H16N2O3/c1-8(15)11(13)12(17)14-10(16)7-9-5-3-2-4-6-9/h2-6,8,11,15H,7,13H2,1H3,(H,14,16,17)/t8-,11+/m1/s1. The van der Waals surface area contributed by atoms with E-state index in [0.717, 1.165) is 5.56 Å². The molecule has 1 aromatic rings. The Hall–Kier alpha value is -1.72. The molecule has 0 radical (unpaired) electrons. The summed E-state index contributed by atoms with van der Waals surface area (Å²) in [4.78, 5) is 22.8. The molecule has 0 aliphatic carbocycles. The third kappa shape index (κ3) is 4.34. The van der Waals surface area contributed by atoms with Gasteiger partial charge >= 0.3 is 0 Å². The first kappa shape index (κ1) is 13.3. The Morgan fingerprint density at radius 3 is 2.47 bits per heavy atom. The van der Waals surface area contributed by atoms with E-state index in [1.165, 1.54) is 6.92 Å². The Bertz CT molecular complexity index is 390. The van der Waals surface area contributed by atoms with Crippen LogP contribution in [0.25, 0.3) is 0 Å². The summed E-state index contributed by atoms with van der Waals surface area (Å²) in [6.45, 7) is 1.39. The molecule has 17 heavy (non-hydrogen) atoms. The number of hydrogen-bond acceptors (Lipinski definition) is 4. The molecule has 0 unspecified atom stereocenters. The molecule has 4 N–H and O–H groups in total. The van der Waals surface area contributed by atoms with Crippen molar-refractivity contribution >= 4 is 11.8 Å². The molecule has 0 fully saturated rings. The normalized spacial score (nSPS) is 13.8. The summed E-state index contributed by atoms with van der Waals surface area (Å²) in [5.41, 5.74) is 6.20. The maximum atomic E-state index is 11.5. The Morgan fingerprint density at radius 2 is 1.94 bits per heavy atom. The van der Waals surface area contributed by atoms with Gasteiger partial charge in [0.15, 0.2) is 0 Å². The van der Waals surface area contributed by atoms with Crippen molar-refractivity contribution in [3.63, 3.8) is 0 Å². The van der Waals surface area contributed by atoms with E-state index < -0.39 is 24.0 Å². The van der Waals surface area contributed by atoms with Crippen LogP contribution < -0.4 is 11.1 Å². The molecule has 5 heteroatoms. The summed E-state index contributed by atoms with van der Waals surface area (Å²) in [5.74, 6) is -1.10. The summed E-state index contributed by atoms with van der Waals surface area (Å²) in [7, 11) is 0. The monoisotopic (exact) mass is 236 g/mol. The van der Waals surface area contributed by atoms with Gasteiger partial charge in [0, 0.05) is 0 Å². The summed E-state index contributed by atoms with van der Waals surface area (Å²) >= 11 is 0. The van der Waals surface area contributed by atoms with Crippen LogP contribution in [0.2, 0.25) is 0 Å². The van der Waals surface area contributed by atoms with Crippen molar-refractivity contribution in [3.8, 4) is 0 Å². The molecular weight excluding hydrogens is 220 g/mol. The Morgan fingerprint density at radius 1 is 1.35 bits per heavy atom. The first-order chi connectivity index (χ1) is 8.00. The zero-order chi connectivity index (χ0) is 12.8. The molecule has 0 heterocycles. The van der Waals surface area contributed by atoms with Crippen molar-refractivity contribution < 1.29 is 14.7 Å². The molecular formula is C12H16N2O3. The van der Waals surface area contributed by atoms with Crippen LogP contribution >= 0.6 is 0 Å². The lowest BCUT2D eigenvalue weighted by atomic mass is 10.1. The first-order valence-electron chi connectivity index (χ1n) is 5.32. The van der Waals surface area contributed by atoms with E-state index in [1.54, 1.807) is 12.1 Å². The SMILES string of the molecule is C[C@@H](O)[C@H](N)C(=O)NC(=O)Cc1ccccc1. The molecule has 0 aromatic heterocycles. The zero-order valence-electron chi connectivity index (χ0n) is 9.59. The van der Waals surface area contributed by atoms with Crippen molar-refractivity contribution in [2.45, 2.75) is 25.5 Å². The van der Waals surface area contributed by atoms with E-state index in [-0.39, 0.29) is 6.42 Å². The quantitative estimate of drug-likeness (QED) is 0.662. The van der Waals surface area contributed by atoms with Gasteiger partial charge in [-0.25, -0.2) is 0 Å². The second-order valence-electron chi connectivity index (χ2n) is 3.84. The van der Waals surface area contributed by atoms with Crippen molar-refractivity contribution in [2.24, 2.45) is 5.73 Å². The predicted molar refractivity (Wildman–Crippen MR) is 63.0 cm³/mol. The van der Waals surface area contributed by atoms with Crippen LogP contribution in [-0.2, 0) is 16.0 Å². The van der Waals surface area contributed by atoms with Gasteiger partial charge in [0.1, 0.15) is 6.04 Å². The molecule has 0 saturated carbocycles. The molecule has 0 saturated heterocycles. The van der Waals surface area contributed by atoms with Gasteiger partial charge < -0.3 is 10.8 Å². The number of rotatable bonds is 4. The van der Waals surface area contributed by atoms with E-state index in [1.807, 2.05) is 18.2 Å². The smallest absolute Gasteiger partial charge is 0.246 e. The molecule has 0 spiro atoms. The Balaban J connectivity index is 2.48. The van der Waals surface area contributed by atoms with Gasteiger partial charge in [0.2, 0.25) is 11.8 Å². The van der Waals surface area contributed by atoms with Gasteiger partial charge in [0.25, 0.3) is 0 Å². The van der Waals surface area contributed by atoms with E-state index in [9.17, 15) is 9.59 Å². The number of aliphatic hydroxyl groups is 1. The van der Waals surface area contributed by atoms with Crippen LogP contribution in [-0.4, -0.2) is 29.1 Å². The number of amides is 2. The number of nitrogens with two attached hydrogens (primary N) is 1. The predicted octanol–water partition coefficient (Wildman–Crippen LogP) is -0.420. The Kier molecular flexibility index (Phi) is 4.81. The Labute approximate surface area is 99.6 Å². The summed E-state index contributed by atoms with van der Waals surface area (Å²) in [6.07, 6.45) is -0.876. The fraction of sp³-hybridized carbons (Fsp3) is 0.333. The largest absolute Gasteiger partial charge is 0.391 e. The van der Waals surface area contributed by atoms with Crippen molar-refractivity contribution in [1.82, 2.24) is 5.32 Å². The fourth-order valence-electron chi connectivity index (χ4n) is 1.27. The topological polar surface area (TPSA) is 92.4 Å². The molecule has 2 amide bonds. The third-order valence-corrected chi connectivity index (χ3v) is 2.29. The highest BCUT2D eigenvalue weighted by Crippen LogP contribution is 1.99. The van der Waals surface area contributed by atoms with Gasteiger partial charge in [-0.05, 0) is 12.5 Å². The number of aliphatic hydroxyl groups excluding tert-OH is 1. The van der Waals surface area contributed by atoms with Crippen LogP contribution in [0.5, 0.6) is 0 Å². The molecule has 5 nitrogen and oxygen atoms in total. The van der Waals surface area contributed by atoms with Crippen molar-refractivity contribution in [1.29, 1.82) is 0 Å². The second-order valence-corrected chi connectivity index (χ2v) is 3.84. The molecule has 1 aromatic carbocycles. The maximum absolute atomic E-state index is 11.5. The van der Waals surface area contributed by atoms with Gasteiger partial charge in [-0.15, -0.1) is 0 Å². The lowest BCUT2D eigenvalue weighted by Crippen LogP contribution is -2.49. The minimum Gasteiger partial charge on any atom is -0.391 e. The minimum atomic E-state index is -1.09. The summed E-state index contributed by atoms with van der Waals surface area (Å²) in [6, 6.07) is 7.96. The number of nitrogens with one attached hydrogen (secondary N) is 1. The highest BCUT2D eigenvalue weighted by atomic mass is 16.3. The molecule has 0 aliphatic rings. The van der Waals surface area contributed by atoms with Crippen molar-refractivity contribution in [3.05, 3.63) is 35.9 Å². The number of hydrogen-bond donors (Lipinski definition) is 3. The minimum absolute atomic E-state index is 0.110. The number of benzene rings is 1. The van der Waals surface area contributed by atoms with Gasteiger partial charge in [-0.2, -0.15) is 0 Å². The van der Waals surface area contributed by atoms with Crippen LogP contribution in [0.4, 0.5) is 0 Å². The van der Waals surface area contributed by atoms with E-state index in [0.29, 0.717) is 0 Å². The zero-order valence-corrected chi connectivity index (χ0v) is 9.59. The molecule has 0 bridgehead atoms. The van der Waals surface area contributed by atoms with Crippen LogP contribution in [0.1, 0.15) is 12.5 Å². The molecule has 0 aliphatic heterocycles. The number of carbonyl (C=O) groups excluding carboxylic acids is 2. The van der Waals surface area contributed by atoms with Gasteiger partial charge in [0.05, 0.1) is 12.5 Å². The highest BCUT2D eigenvalue weighted by Gasteiger charge is 2.20.